The minimum absolute atomic E-state index is 0.0453. The quantitative estimate of drug-likeness (QED) is 0.0153. The number of H-pyrrole nitrogens is 1. The fraction of sp³-hybridized carbons (Fsp3) is 0.587. The summed E-state index contributed by atoms with van der Waals surface area (Å²) in [5.41, 5.74) is 14.4. The van der Waals surface area contributed by atoms with Gasteiger partial charge in [0.05, 0.1) is 108 Å². The van der Waals surface area contributed by atoms with Gasteiger partial charge in [-0.2, -0.15) is 5.10 Å². The van der Waals surface area contributed by atoms with Crippen LogP contribution in [0.5, 0.6) is 0 Å². The maximum Gasteiger partial charge on any atom is 0.410 e. The number of ketones is 3. The van der Waals surface area contributed by atoms with Crippen molar-refractivity contribution >= 4 is 81.0 Å². The van der Waals surface area contributed by atoms with Crippen LogP contribution in [0.3, 0.4) is 0 Å². The fourth-order valence-corrected chi connectivity index (χ4v) is 17.1. The van der Waals surface area contributed by atoms with Gasteiger partial charge in [0.1, 0.15) is 59.4 Å². The number of nitrogens with zero attached hydrogens (tertiary/aromatic N) is 11. The van der Waals surface area contributed by atoms with Gasteiger partial charge in [-0.05, 0) is 156 Å². The number of carbonyl (C=O) groups excluding carboxylic acids is 8. The standard InChI is InChI=1S/C92H124N14O18/c1-60-13-8-7-9-14-61(2)80(116-6)52-73-15-12-17-79(122-73)84(111)89(113)105-31-11-10-16-75(105)90(114)123-74(51-76(107)63(4)48-64(5)78(109)53-77(108)62(3)47-60)25-21-65-19-23-72(24-20-65)124-92(115)103-35-33-102(34-36-103)91-97-55-71(56-98-91)88(112)95-30-38-118-40-42-120-44-46-121-45-43-119-41-39-117-37-28-81(110)104-32-27-67-49-66(18-22-69(67)58-104)57-106-87-82(85(93)99-59-100-87)83(101-106)70-50-68-26-29-94-86(68)96-54-70/h7-9,13-14,18,22,26,29,48-50,54-56,59-60,62-63,65,72-75,78-80,109H,10-12,15-17,19-21,23-25,27-28,30-47,51-53,57-58H2,1-6H3,(H,94,96)(H,95,112)(H2,93,99,100)/b9-7?,13-8+,61-14?,64-48+/t60-,62-,63-,65?,72?,73?,74-,75+,78+,79?,80+/m1/s1. The minimum Gasteiger partial charge on any atom is -0.460 e. The van der Waals surface area contributed by atoms with Crippen molar-refractivity contribution in [1.29, 1.82) is 0 Å². The molecule has 0 spiro atoms. The Labute approximate surface area is 725 Å². The van der Waals surface area contributed by atoms with Crippen molar-refractivity contribution in [3.05, 3.63) is 131 Å². The van der Waals surface area contributed by atoms with E-state index in [2.05, 4.69) is 53.4 Å². The number of methoxy groups -OCH3 is 1. The highest BCUT2D eigenvalue weighted by Gasteiger charge is 2.42. The summed E-state index contributed by atoms with van der Waals surface area (Å²) in [5, 5.41) is 20.7. The van der Waals surface area contributed by atoms with Gasteiger partial charge in [0, 0.05) is 126 Å². The summed E-state index contributed by atoms with van der Waals surface area (Å²) < 4.78 is 54.7. The van der Waals surface area contributed by atoms with Crippen LogP contribution in [0, 0.1) is 23.7 Å². The second-order valence-electron chi connectivity index (χ2n) is 33.6. The zero-order valence-corrected chi connectivity index (χ0v) is 72.6. The van der Waals surface area contributed by atoms with Crippen LogP contribution >= 0.6 is 0 Å². The lowest BCUT2D eigenvalue weighted by Crippen LogP contribution is -2.54. The Morgan fingerprint density at radius 3 is 2.18 bits per heavy atom. The zero-order chi connectivity index (χ0) is 87.4. The fourth-order valence-electron chi connectivity index (χ4n) is 17.1. The maximum absolute atomic E-state index is 14.5. The van der Waals surface area contributed by atoms with Crippen LogP contribution in [0.2, 0.25) is 0 Å². The molecule has 0 radical (unpaired) electrons. The van der Waals surface area contributed by atoms with Crippen LogP contribution in [0.15, 0.2) is 109 Å². The van der Waals surface area contributed by atoms with E-state index in [0.717, 1.165) is 52.6 Å². The number of amides is 4. The van der Waals surface area contributed by atoms with Crippen molar-refractivity contribution in [1.82, 2.24) is 59.7 Å². The number of carbonyl (C=O) groups is 8. The van der Waals surface area contributed by atoms with Crippen LogP contribution in [-0.2, 0) is 90.9 Å². The average molecular weight is 1710 g/mol. The maximum atomic E-state index is 14.5. The number of aromatic amines is 1. The molecule has 12 rings (SSSR count). The number of piperazine rings is 1. The van der Waals surface area contributed by atoms with E-state index >= 15 is 0 Å². The van der Waals surface area contributed by atoms with Gasteiger partial charge in [-0.3, -0.25) is 28.8 Å². The topological polar surface area (TPSA) is 389 Å². The third-order valence-electron chi connectivity index (χ3n) is 24.5. The van der Waals surface area contributed by atoms with Crippen molar-refractivity contribution in [3.8, 4) is 11.3 Å². The number of nitrogens with one attached hydrogen (secondary N) is 2. The number of cyclic esters (lactones) is 1. The van der Waals surface area contributed by atoms with Crippen molar-refractivity contribution in [2.75, 3.05) is 130 Å². The number of ether oxygens (including phenoxy) is 9. The number of hydrogen-bond donors (Lipinski definition) is 4. The molecule has 32 nitrogen and oxygen atoms in total. The molecule has 2 unspecified atom stereocenters. The lowest BCUT2D eigenvalue weighted by atomic mass is 9.83. The van der Waals surface area contributed by atoms with E-state index in [-0.39, 0.29) is 98.4 Å². The van der Waals surface area contributed by atoms with Crippen LogP contribution in [0.25, 0.3) is 33.3 Å². The molecule has 124 heavy (non-hydrogen) atoms. The lowest BCUT2D eigenvalue weighted by molar-refractivity contribution is -0.167. The highest BCUT2D eigenvalue weighted by atomic mass is 16.6. The van der Waals surface area contributed by atoms with Crippen LogP contribution in [-0.4, -0.2) is 268 Å². The molecule has 1 aromatic carbocycles. The monoisotopic (exact) mass is 1710 g/mol. The van der Waals surface area contributed by atoms with Crippen molar-refractivity contribution in [2.45, 2.75) is 206 Å². The van der Waals surface area contributed by atoms with Gasteiger partial charge in [-0.15, -0.1) is 0 Å². The number of aliphatic hydroxyl groups excluding tert-OH is 1. The molecule has 4 fully saturated rings. The summed E-state index contributed by atoms with van der Waals surface area (Å²) in [6.07, 6.45) is 24.1. The summed E-state index contributed by atoms with van der Waals surface area (Å²) in [6.45, 7) is 16.6. The second kappa shape index (κ2) is 46.8. The van der Waals surface area contributed by atoms with E-state index in [1.54, 1.807) is 38.1 Å². The number of benzene rings is 1. The first-order chi connectivity index (χ1) is 60.1. The van der Waals surface area contributed by atoms with Crippen molar-refractivity contribution in [3.63, 3.8) is 0 Å². The van der Waals surface area contributed by atoms with Gasteiger partial charge in [0.15, 0.2) is 5.65 Å². The molecule has 6 aromatic rings. The molecule has 1 saturated carbocycles. The summed E-state index contributed by atoms with van der Waals surface area (Å²) in [6, 6.07) is 9.30. The van der Waals surface area contributed by atoms with Crippen LogP contribution in [0.4, 0.5) is 16.6 Å². The number of fused-ring (bicyclic) bond motifs is 6. The van der Waals surface area contributed by atoms with Gasteiger partial charge in [-0.1, -0.05) is 75.4 Å². The SMILES string of the molecule is CO[C@H]1CC2CCCC(O2)C(=O)C(=O)N2CCCC[C@H]2C(=O)O[C@H](CCC2CCC(OC(=O)N3CCN(c4ncc(C(=O)NCCOCCOCCOCCOCCOCCC(=O)N5CCc6cc(Cn7nc(-c8cnc9[nH]ccc9c8)c8c(N)ncnc87)ccc6C5)cn4)CC3)CC2)CC(=O)[C@H](C)/C=C(\C)[C@@H](O)CC(=O)[C@H](C)C[C@H](C)/C=C/C=CC=C1C. The first-order valence-electron chi connectivity index (χ1n) is 44.3. The number of Topliss-reactive ketones (excluding diaryl/α,β-unsaturated/α-hetero) is 3. The van der Waals surface area contributed by atoms with Gasteiger partial charge in [0.25, 0.3) is 11.8 Å². The summed E-state index contributed by atoms with van der Waals surface area (Å²) in [7, 11) is 1.63. The molecular weight excluding hydrogens is 1590 g/mol. The van der Waals surface area contributed by atoms with Gasteiger partial charge < -0.3 is 83.4 Å². The van der Waals surface area contributed by atoms with Crippen molar-refractivity contribution < 1.29 is 86.1 Å². The molecule has 10 heterocycles. The van der Waals surface area contributed by atoms with Gasteiger partial charge in [-0.25, -0.2) is 39.2 Å². The van der Waals surface area contributed by atoms with Crippen LogP contribution < -0.4 is 16.0 Å². The molecule has 6 aliphatic rings. The predicted molar refractivity (Wildman–Crippen MR) is 463 cm³/mol. The van der Waals surface area contributed by atoms with E-state index in [1.807, 2.05) is 84.0 Å². The first-order valence-corrected chi connectivity index (χ1v) is 44.3. The Hall–Kier alpha value is -10.1. The number of pyridine rings is 1. The second-order valence-corrected chi connectivity index (χ2v) is 33.6. The number of rotatable bonds is 28. The minimum atomic E-state index is -1.09. The lowest BCUT2D eigenvalue weighted by Gasteiger charge is -2.37. The molecule has 1 aliphatic carbocycles. The number of esters is 1. The molecule has 32 heteroatoms. The molecule has 5 N–H and O–H groups in total. The molecule has 3 saturated heterocycles. The highest BCUT2D eigenvalue weighted by molar-refractivity contribution is 6.38. The molecule has 4 amide bonds. The number of allylic oxidation sites excluding steroid dienone is 6. The smallest absolute Gasteiger partial charge is 0.410 e. The molecule has 9 atom stereocenters. The Bertz CT molecular complexity index is 4700. The van der Waals surface area contributed by atoms with Crippen LogP contribution in [0.1, 0.15) is 171 Å². The number of anilines is 2. The average Bonchev–Trinajstić information content (AvgIpc) is 1.61. The number of hydrogen-bond acceptors (Lipinski definition) is 26. The Kier molecular flexibility index (Phi) is 35.1. The molecule has 2 bridgehead atoms. The summed E-state index contributed by atoms with van der Waals surface area (Å²) in [4.78, 5) is 143. The Balaban J connectivity index is 0.492. The third-order valence-corrected chi connectivity index (χ3v) is 24.5. The highest BCUT2D eigenvalue weighted by Crippen LogP contribution is 2.36. The van der Waals surface area contributed by atoms with Gasteiger partial charge >= 0.3 is 12.1 Å². The van der Waals surface area contributed by atoms with E-state index < -0.39 is 54.0 Å². The Morgan fingerprint density at radius 2 is 1.44 bits per heavy atom. The zero-order valence-electron chi connectivity index (χ0n) is 72.6. The largest absolute Gasteiger partial charge is 0.460 e. The summed E-state index contributed by atoms with van der Waals surface area (Å²) in [5.74, 6) is -2.69. The number of nitrogens with two attached hydrogens (primary N) is 1. The van der Waals surface area contributed by atoms with E-state index in [4.69, 9.17) is 53.5 Å². The molecular formula is C92H124N14O18. The third kappa shape index (κ3) is 26.5. The summed E-state index contributed by atoms with van der Waals surface area (Å²) >= 11 is 0. The number of aliphatic hydroxyl groups is 1. The van der Waals surface area contributed by atoms with E-state index in [0.29, 0.717) is 222 Å². The van der Waals surface area contributed by atoms with Crippen molar-refractivity contribution in [2.24, 2.45) is 23.7 Å². The van der Waals surface area contributed by atoms with E-state index in [9.17, 15) is 43.5 Å². The Morgan fingerprint density at radius 1 is 0.702 bits per heavy atom. The number of aromatic nitrogens is 8. The number of nitrogen functional groups attached to an aromatic ring is 1. The molecule has 5 aromatic heterocycles. The van der Waals surface area contributed by atoms with Gasteiger partial charge in [0.2, 0.25) is 17.6 Å². The first kappa shape index (κ1) is 93.1. The predicted octanol–water partition coefficient (Wildman–Crippen LogP) is 9.98. The number of piperidine rings is 1. The molecule has 5 aliphatic heterocycles. The van der Waals surface area contributed by atoms with E-state index in [1.165, 1.54) is 29.2 Å². The molecule has 670 valence electrons. The normalized spacial score (nSPS) is 24.7.